The van der Waals surface area contributed by atoms with E-state index in [9.17, 15) is 0 Å². The van der Waals surface area contributed by atoms with E-state index in [2.05, 4.69) is 50.3 Å². The molecular weight excluding hydrogens is 431 g/mol. The molecule has 0 atom stereocenters. The molecule has 1 rings (SSSR count). The highest BCUT2D eigenvalue weighted by Gasteiger charge is 2.02. The van der Waals surface area contributed by atoms with Crippen LogP contribution in [-0.4, -0.2) is 74.6 Å². The lowest BCUT2D eigenvalue weighted by atomic mass is 10.4. The highest BCUT2D eigenvalue weighted by molar-refractivity contribution is 14.0. The summed E-state index contributed by atoms with van der Waals surface area (Å²) in [6.45, 7) is 9.64. The number of nitrogens with one attached hydrogen (secondary N) is 2. The minimum atomic E-state index is 0. The smallest absolute Gasteiger partial charge is 0.191 e. The number of aryl methyl sites for hydroxylation is 3. The molecule has 1 heterocycles. The van der Waals surface area contributed by atoms with Crippen LogP contribution in [0.1, 0.15) is 24.2 Å². The molecule has 0 saturated carbocycles. The zero-order chi connectivity index (χ0) is 17.8. The second-order valence-electron chi connectivity index (χ2n) is 6.08. The molecule has 0 aliphatic rings. The summed E-state index contributed by atoms with van der Waals surface area (Å²) in [5.41, 5.74) is 2.29. The van der Waals surface area contributed by atoms with E-state index in [-0.39, 0.29) is 24.0 Å². The molecule has 1 aromatic heterocycles. The summed E-state index contributed by atoms with van der Waals surface area (Å²) in [7, 11) is 5.67. The van der Waals surface area contributed by atoms with Crippen LogP contribution >= 0.6 is 24.0 Å². The molecule has 0 saturated heterocycles. The first-order valence-corrected chi connectivity index (χ1v) is 8.70. The highest BCUT2D eigenvalue weighted by atomic mass is 127. The molecule has 0 radical (unpaired) electrons. The van der Waals surface area contributed by atoms with Gasteiger partial charge < -0.3 is 20.3 Å². The van der Waals surface area contributed by atoms with Gasteiger partial charge in [0.05, 0.1) is 5.69 Å². The van der Waals surface area contributed by atoms with Crippen LogP contribution in [-0.2, 0) is 11.3 Å². The SMILES string of the molecule is CN=C(NCCCn1nc(C)cc1C)NCCN(C)CCCOC.I. The first kappa shape index (κ1) is 24.1. The average molecular weight is 466 g/mol. The zero-order valence-corrected chi connectivity index (χ0v) is 18.7. The van der Waals surface area contributed by atoms with Crippen molar-refractivity contribution in [3.63, 3.8) is 0 Å². The van der Waals surface area contributed by atoms with Gasteiger partial charge in [-0.15, -0.1) is 24.0 Å². The van der Waals surface area contributed by atoms with Gasteiger partial charge in [-0.2, -0.15) is 5.10 Å². The van der Waals surface area contributed by atoms with Crippen LogP contribution in [0.4, 0.5) is 0 Å². The lowest BCUT2D eigenvalue weighted by molar-refractivity contribution is 0.180. The summed E-state index contributed by atoms with van der Waals surface area (Å²) < 4.78 is 7.13. The quantitative estimate of drug-likeness (QED) is 0.225. The van der Waals surface area contributed by atoms with Gasteiger partial charge in [0.1, 0.15) is 0 Å². The number of aromatic nitrogens is 2. The predicted octanol–water partition coefficient (Wildman–Crippen LogP) is 1.64. The number of rotatable bonds is 11. The molecule has 146 valence electrons. The highest BCUT2D eigenvalue weighted by Crippen LogP contribution is 2.02. The van der Waals surface area contributed by atoms with Crippen LogP contribution in [0.25, 0.3) is 0 Å². The Balaban J connectivity index is 0.00000576. The summed E-state index contributed by atoms with van der Waals surface area (Å²) in [5, 5.41) is 11.2. The van der Waals surface area contributed by atoms with Gasteiger partial charge >= 0.3 is 0 Å². The molecule has 0 bridgehead atoms. The van der Waals surface area contributed by atoms with Gasteiger partial charge in [0.25, 0.3) is 0 Å². The molecule has 0 aromatic carbocycles. The van der Waals surface area contributed by atoms with Crippen molar-refractivity contribution >= 4 is 29.9 Å². The van der Waals surface area contributed by atoms with Gasteiger partial charge in [0, 0.05) is 59.2 Å². The van der Waals surface area contributed by atoms with Gasteiger partial charge in [-0.3, -0.25) is 9.67 Å². The molecule has 8 heteroatoms. The minimum absolute atomic E-state index is 0. The molecule has 25 heavy (non-hydrogen) atoms. The standard InChI is InChI=1S/C17H34N6O.HI/c1-15-14-16(2)23(21-15)11-6-8-19-17(18-3)20-9-12-22(4)10-7-13-24-5;/h14H,6-13H2,1-5H3,(H2,18,19,20);1H. The number of nitrogens with zero attached hydrogens (tertiary/aromatic N) is 4. The number of guanidine groups is 1. The molecule has 0 amide bonds. The van der Waals surface area contributed by atoms with E-state index in [1.165, 1.54) is 5.69 Å². The topological polar surface area (TPSA) is 66.7 Å². The van der Waals surface area contributed by atoms with E-state index in [0.717, 1.165) is 63.8 Å². The Hall–Kier alpha value is -0.870. The van der Waals surface area contributed by atoms with Crippen molar-refractivity contribution in [1.29, 1.82) is 0 Å². The fraction of sp³-hybridized carbons (Fsp3) is 0.765. The molecule has 0 fully saturated rings. The summed E-state index contributed by atoms with van der Waals surface area (Å²) in [6.07, 6.45) is 2.08. The van der Waals surface area contributed by atoms with Crippen molar-refractivity contribution in [3.8, 4) is 0 Å². The third kappa shape index (κ3) is 10.7. The van der Waals surface area contributed by atoms with Gasteiger partial charge in [-0.25, -0.2) is 0 Å². The van der Waals surface area contributed by atoms with Crippen LogP contribution in [0.2, 0.25) is 0 Å². The van der Waals surface area contributed by atoms with Crippen molar-refractivity contribution in [2.24, 2.45) is 4.99 Å². The molecule has 0 aliphatic heterocycles. The van der Waals surface area contributed by atoms with Gasteiger partial charge in [0.2, 0.25) is 0 Å². The summed E-state index contributed by atoms with van der Waals surface area (Å²) in [4.78, 5) is 6.55. The fourth-order valence-electron chi connectivity index (χ4n) is 2.51. The molecular formula is C17H35IN6O. The van der Waals surface area contributed by atoms with Crippen LogP contribution in [0.15, 0.2) is 11.1 Å². The Kier molecular flexibility index (Phi) is 13.8. The van der Waals surface area contributed by atoms with E-state index < -0.39 is 0 Å². The molecule has 2 N–H and O–H groups in total. The Labute approximate surface area is 169 Å². The minimum Gasteiger partial charge on any atom is -0.385 e. The maximum absolute atomic E-state index is 5.07. The van der Waals surface area contributed by atoms with Crippen molar-refractivity contribution < 1.29 is 4.74 Å². The molecule has 0 spiro atoms. The number of aliphatic imine (C=N–C) groups is 1. The molecule has 0 aliphatic carbocycles. The summed E-state index contributed by atoms with van der Waals surface area (Å²) in [6, 6.07) is 2.11. The Morgan fingerprint density at radius 3 is 2.56 bits per heavy atom. The third-order valence-corrected chi connectivity index (χ3v) is 3.84. The van der Waals surface area contributed by atoms with Gasteiger partial charge in [-0.1, -0.05) is 0 Å². The van der Waals surface area contributed by atoms with Crippen molar-refractivity contribution in [2.45, 2.75) is 33.2 Å². The maximum Gasteiger partial charge on any atom is 0.191 e. The lowest BCUT2D eigenvalue weighted by Crippen LogP contribution is -2.41. The number of hydrogen-bond acceptors (Lipinski definition) is 4. The van der Waals surface area contributed by atoms with Crippen LogP contribution < -0.4 is 10.6 Å². The van der Waals surface area contributed by atoms with Crippen molar-refractivity contribution in [1.82, 2.24) is 25.3 Å². The Morgan fingerprint density at radius 2 is 1.96 bits per heavy atom. The zero-order valence-electron chi connectivity index (χ0n) is 16.3. The van der Waals surface area contributed by atoms with Crippen molar-refractivity contribution in [3.05, 3.63) is 17.5 Å². The molecule has 1 aromatic rings. The first-order chi connectivity index (χ1) is 11.6. The number of hydrogen-bond donors (Lipinski definition) is 2. The monoisotopic (exact) mass is 466 g/mol. The van der Waals surface area contributed by atoms with Gasteiger partial charge in [0.15, 0.2) is 5.96 Å². The Morgan fingerprint density at radius 1 is 1.24 bits per heavy atom. The van der Waals surface area contributed by atoms with Crippen molar-refractivity contribution in [2.75, 3.05) is 54.0 Å². The van der Waals surface area contributed by atoms with Crippen LogP contribution in [0, 0.1) is 13.8 Å². The normalized spacial score (nSPS) is 11.5. The number of methoxy groups -OCH3 is 1. The lowest BCUT2D eigenvalue weighted by Gasteiger charge is -2.18. The number of likely N-dealkylation sites (N-methyl/N-ethyl adjacent to an activating group) is 1. The predicted molar refractivity (Wildman–Crippen MR) is 115 cm³/mol. The summed E-state index contributed by atoms with van der Waals surface area (Å²) in [5.74, 6) is 0.855. The van der Waals surface area contributed by atoms with E-state index in [1.54, 1.807) is 14.2 Å². The fourth-order valence-corrected chi connectivity index (χ4v) is 2.51. The first-order valence-electron chi connectivity index (χ1n) is 8.70. The van der Waals surface area contributed by atoms with E-state index in [1.807, 2.05) is 6.92 Å². The third-order valence-electron chi connectivity index (χ3n) is 3.84. The van der Waals surface area contributed by atoms with Crippen LogP contribution in [0.5, 0.6) is 0 Å². The second-order valence-corrected chi connectivity index (χ2v) is 6.08. The number of ether oxygens (including phenoxy) is 1. The van der Waals surface area contributed by atoms with E-state index in [0.29, 0.717) is 0 Å². The Bertz CT molecular complexity index is 491. The van der Waals surface area contributed by atoms with E-state index >= 15 is 0 Å². The largest absolute Gasteiger partial charge is 0.385 e. The second kappa shape index (κ2) is 14.3. The van der Waals surface area contributed by atoms with Gasteiger partial charge in [-0.05, 0) is 39.8 Å². The van der Waals surface area contributed by atoms with Crippen LogP contribution in [0.3, 0.4) is 0 Å². The molecule has 7 nitrogen and oxygen atoms in total. The number of halogens is 1. The summed E-state index contributed by atoms with van der Waals surface area (Å²) >= 11 is 0. The van der Waals surface area contributed by atoms with E-state index in [4.69, 9.17) is 4.74 Å². The molecule has 0 unspecified atom stereocenters. The average Bonchev–Trinajstić information content (AvgIpc) is 2.87. The maximum atomic E-state index is 5.07.